The van der Waals surface area contributed by atoms with Crippen molar-refractivity contribution >= 4 is 0 Å². The van der Waals surface area contributed by atoms with Crippen LogP contribution in [0.25, 0.3) is 0 Å². The van der Waals surface area contributed by atoms with Gasteiger partial charge in [0, 0.05) is 0 Å². The van der Waals surface area contributed by atoms with Crippen LogP contribution in [-0.2, 0) is 12.8 Å². The van der Waals surface area contributed by atoms with Crippen molar-refractivity contribution in [3.05, 3.63) is 34.9 Å². The first-order valence-electron chi connectivity index (χ1n) is 6.36. The van der Waals surface area contributed by atoms with Gasteiger partial charge in [0.05, 0.1) is 0 Å². The fourth-order valence-corrected chi connectivity index (χ4v) is 1.43. The van der Waals surface area contributed by atoms with E-state index < -0.39 is 0 Å². The van der Waals surface area contributed by atoms with Crippen LogP contribution in [0, 0.1) is 6.92 Å². The zero-order chi connectivity index (χ0) is 12.3. The molecule has 0 amide bonds. The zero-order valence-electron chi connectivity index (χ0n) is 11.6. The summed E-state index contributed by atoms with van der Waals surface area (Å²) in [5, 5.41) is 0. The Bertz CT molecular complexity index is 236. The Balaban J connectivity index is 0. The lowest BCUT2D eigenvalue weighted by Gasteiger charge is -2.05. The highest BCUT2D eigenvalue weighted by Gasteiger charge is 1.96. The molecule has 1 aromatic rings. The van der Waals surface area contributed by atoms with Crippen molar-refractivity contribution in [1.29, 1.82) is 0 Å². The molecule has 0 heteroatoms. The largest absolute Gasteiger partial charge is 0.0683 e. The normalized spacial score (nSPS) is 8.20. The van der Waals surface area contributed by atoms with Crippen LogP contribution in [0.15, 0.2) is 18.2 Å². The molecule has 0 aliphatic carbocycles. The van der Waals surface area contributed by atoms with Gasteiger partial charge in [-0.2, -0.15) is 0 Å². The highest BCUT2D eigenvalue weighted by molar-refractivity contribution is 5.31. The first-order valence-corrected chi connectivity index (χ1v) is 6.36. The molecular formula is C15H28. The van der Waals surface area contributed by atoms with Gasteiger partial charge in [-0.3, -0.25) is 0 Å². The third-order valence-electron chi connectivity index (χ3n) is 2.12. The minimum atomic E-state index is 1.16. The summed E-state index contributed by atoms with van der Waals surface area (Å²) < 4.78 is 0. The van der Waals surface area contributed by atoms with E-state index in [1.165, 1.54) is 16.7 Å². The Morgan fingerprint density at radius 2 is 1.27 bits per heavy atom. The van der Waals surface area contributed by atoms with Crippen LogP contribution in [0.4, 0.5) is 0 Å². The minimum absolute atomic E-state index is 1.16. The molecule has 15 heavy (non-hydrogen) atoms. The van der Waals surface area contributed by atoms with Gasteiger partial charge in [0.1, 0.15) is 0 Å². The van der Waals surface area contributed by atoms with Gasteiger partial charge in [-0.15, -0.1) is 0 Å². The molecule has 1 rings (SSSR count). The first kappa shape index (κ1) is 16.6. The summed E-state index contributed by atoms with van der Waals surface area (Å²) in [5.41, 5.74) is 4.38. The summed E-state index contributed by atoms with van der Waals surface area (Å²) in [6.07, 6.45) is 2.31. The van der Waals surface area contributed by atoms with Gasteiger partial charge < -0.3 is 0 Å². The predicted molar refractivity (Wildman–Crippen MR) is 72.6 cm³/mol. The monoisotopic (exact) mass is 208 g/mol. The summed E-state index contributed by atoms with van der Waals surface area (Å²) in [7, 11) is 0. The molecule has 1 aromatic carbocycles. The Hall–Kier alpha value is -0.780. The lowest BCUT2D eigenvalue weighted by molar-refractivity contribution is 1.03. The molecule has 0 nitrogen and oxygen atoms in total. The Labute approximate surface area is 96.7 Å². The van der Waals surface area contributed by atoms with E-state index in [4.69, 9.17) is 0 Å². The molecule has 0 spiro atoms. The van der Waals surface area contributed by atoms with Gasteiger partial charge in [-0.25, -0.2) is 0 Å². The highest BCUT2D eigenvalue weighted by atomic mass is 14.0. The topological polar surface area (TPSA) is 0 Å². The maximum absolute atomic E-state index is 2.29. The van der Waals surface area contributed by atoms with Crippen LogP contribution < -0.4 is 0 Å². The van der Waals surface area contributed by atoms with Crippen molar-refractivity contribution in [1.82, 2.24) is 0 Å². The second-order valence-electron chi connectivity index (χ2n) is 2.98. The van der Waals surface area contributed by atoms with Crippen LogP contribution in [0.1, 0.15) is 58.2 Å². The van der Waals surface area contributed by atoms with Crippen LogP contribution >= 0.6 is 0 Å². The van der Waals surface area contributed by atoms with E-state index in [0.717, 1.165) is 12.8 Å². The van der Waals surface area contributed by atoms with E-state index in [2.05, 4.69) is 39.0 Å². The molecule has 0 aliphatic heterocycles. The van der Waals surface area contributed by atoms with Gasteiger partial charge >= 0.3 is 0 Å². The summed E-state index contributed by atoms with van der Waals surface area (Å²) in [6, 6.07) is 6.73. The summed E-state index contributed by atoms with van der Waals surface area (Å²) in [4.78, 5) is 0. The highest BCUT2D eigenvalue weighted by Crippen LogP contribution is 2.12. The van der Waals surface area contributed by atoms with Crippen molar-refractivity contribution in [3.8, 4) is 0 Å². The fourth-order valence-electron chi connectivity index (χ4n) is 1.43. The second kappa shape index (κ2) is 11.3. The number of hydrogen-bond donors (Lipinski definition) is 0. The third kappa shape index (κ3) is 6.33. The molecule has 0 N–H and O–H groups in total. The first-order chi connectivity index (χ1) is 7.27. The average molecular weight is 208 g/mol. The van der Waals surface area contributed by atoms with Gasteiger partial charge in [0.25, 0.3) is 0 Å². The zero-order valence-corrected chi connectivity index (χ0v) is 11.6. The Morgan fingerprint density at radius 1 is 0.800 bits per heavy atom. The number of rotatable bonds is 2. The van der Waals surface area contributed by atoms with Crippen LogP contribution in [-0.4, -0.2) is 0 Å². The van der Waals surface area contributed by atoms with Gasteiger partial charge in [-0.1, -0.05) is 65.3 Å². The maximum atomic E-state index is 2.29. The molecule has 0 aromatic heterocycles. The molecule has 0 bridgehead atoms. The summed E-state index contributed by atoms with van der Waals surface area (Å²) in [6.45, 7) is 14.6. The van der Waals surface area contributed by atoms with E-state index in [0.29, 0.717) is 0 Å². The minimum Gasteiger partial charge on any atom is -0.0683 e. The van der Waals surface area contributed by atoms with E-state index in [-0.39, 0.29) is 0 Å². The smallest absolute Gasteiger partial charge is 0.0305 e. The van der Waals surface area contributed by atoms with Crippen molar-refractivity contribution in [2.75, 3.05) is 0 Å². The third-order valence-corrected chi connectivity index (χ3v) is 2.12. The predicted octanol–water partition coefficient (Wildman–Crippen LogP) is 5.17. The van der Waals surface area contributed by atoms with Crippen molar-refractivity contribution < 1.29 is 0 Å². The van der Waals surface area contributed by atoms with Crippen LogP contribution in [0.5, 0.6) is 0 Å². The van der Waals surface area contributed by atoms with E-state index in [9.17, 15) is 0 Å². The number of aryl methyl sites for hydroxylation is 3. The van der Waals surface area contributed by atoms with Crippen molar-refractivity contribution in [3.63, 3.8) is 0 Å². The van der Waals surface area contributed by atoms with Crippen LogP contribution in [0.3, 0.4) is 0 Å². The molecule has 0 radical (unpaired) electrons. The SMILES string of the molecule is CC.CC.CCc1ccc(C)cc1CC. The molecule has 0 saturated heterocycles. The van der Waals surface area contributed by atoms with Crippen molar-refractivity contribution in [2.45, 2.75) is 61.3 Å². The molecule has 0 aliphatic rings. The Kier molecular flexibility index (Phi) is 12.5. The summed E-state index contributed by atoms with van der Waals surface area (Å²) >= 11 is 0. The standard InChI is InChI=1S/C11H16.2C2H6/c1-4-10-7-6-9(3)8-11(10)5-2;2*1-2/h6-8H,4-5H2,1-3H3;2*1-2H3. The lowest BCUT2D eigenvalue weighted by Crippen LogP contribution is -1.90. The van der Waals surface area contributed by atoms with Crippen molar-refractivity contribution in [2.24, 2.45) is 0 Å². The second-order valence-corrected chi connectivity index (χ2v) is 2.98. The van der Waals surface area contributed by atoms with Gasteiger partial charge in [0.15, 0.2) is 0 Å². The fraction of sp³-hybridized carbons (Fsp3) is 0.600. The maximum Gasteiger partial charge on any atom is -0.0305 e. The average Bonchev–Trinajstić information content (AvgIpc) is 2.34. The molecule has 0 heterocycles. The van der Waals surface area contributed by atoms with E-state index >= 15 is 0 Å². The molecule has 0 atom stereocenters. The van der Waals surface area contributed by atoms with Gasteiger partial charge in [0.2, 0.25) is 0 Å². The molecule has 88 valence electrons. The number of hydrogen-bond acceptors (Lipinski definition) is 0. The lowest BCUT2D eigenvalue weighted by atomic mass is 10.0. The van der Waals surface area contributed by atoms with E-state index in [1.54, 1.807) is 0 Å². The molecule has 0 unspecified atom stereocenters. The Morgan fingerprint density at radius 3 is 1.67 bits per heavy atom. The molecule has 0 fully saturated rings. The van der Waals surface area contributed by atoms with Gasteiger partial charge in [-0.05, 0) is 30.9 Å². The molecule has 0 saturated carbocycles. The van der Waals surface area contributed by atoms with Crippen LogP contribution in [0.2, 0.25) is 0 Å². The quantitative estimate of drug-likeness (QED) is 0.629. The van der Waals surface area contributed by atoms with E-state index in [1.807, 2.05) is 27.7 Å². The summed E-state index contributed by atoms with van der Waals surface area (Å²) in [5.74, 6) is 0. The molecular weight excluding hydrogens is 180 g/mol. The number of benzene rings is 1.